The summed E-state index contributed by atoms with van der Waals surface area (Å²) in [5.74, 6) is -1.35. The Hall–Kier alpha value is -2.34. The third-order valence-electron chi connectivity index (χ3n) is 2.66. The first kappa shape index (κ1) is 15.1. The van der Waals surface area contributed by atoms with E-state index >= 15 is 0 Å². The Kier molecular flexibility index (Phi) is 5.34. The number of rotatable bonds is 4. The van der Waals surface area contributed by atoms with Gasteiger partial charge in [0.2, 0.25) is 0 Å². The van der Waals surface area contributed by atoms with Crippen molar-refractivity contribution in [2.24, 2.45) is 5.10 Å². The van der Waals surface area contributed by atoms with Crippen LogP contribution in [0.25, 0.3) is 0 Å². The van der Waals surface area contributed by atoms with E-state index in [0.717, 1.165) is 23.9 Å². The van der Waals surface area contributed by atoms with Gasteiger partial charge in [-0.25, -0.2) is 8.78 Å². The maximum atomic E-state index is 13.3. The smallest absolute Gasteiger partial charge is 0.187 e. The van der Waals surface area contributed by atoms with Crippen LogP contribution in [-0.4, -0.2) is 11.3 Å². The van der Waals surface area contributed by atoms with Crippen LogP contribution in [0, 0.1) is 11.6 Å². The van der Waals surface area contributed by atoms with Gasteiger partial charge in [-0.2, -0.15) is 5.10 Å². The van der Waals surface area contributed by atoms with E-state index in [1.807, 2.05) is 30.3 Å². The summed E-state index contributed by atoms with van der Waals surface area (Å²) >= 11 is 5.01. The lowest BCUT2D eigenvalue weighted by atomic mass is 10.2. The van der Waals surface area contributed by atoms with Crippen LogP contribution in [-0.2, 0) is 6.54 Å². The van der Waals surface area contributed by atoms with Crippen LogP contribution in [0.1, 0.15) is 11.1 Å². The van der Waals surface area contributed by atoms with Gasteiger partial charge >= 0.3 is 0 Å². The highest BCUT2D eigenvalue weighted by molar-refractivity contribution is 7.80. The number of thiocarbonyl (C=S) groups is 1. The first-order valence-electron chi connectivity index (χ1n) is 6.21. The van der Waals surface area contributed by atoms with Gasteiger partial charge in [-0.15, -0.1) is 0 Å². The Morgan fingerprint density at radius 3 is 2.38 bits per heavy atom. The third kappa shape index (κ3) is 4.61. The molecule has 0 unspecified atom stereocenters. The van der Waals surface area contributed by atoms with Gasteiger partial charge < -0.3 is 5.32 Å². The number of hydrazone groups is 1. The van der Waals surface area contributed by atoms with Crippen molar-refractivity contribution in [3.8, 4) is 0 Å². The highest BCUT2D eigenvalue weighted by Gasteiger charge is 2.04. The molecular formula is C15H13F2N3S. The minimum Gasteiger partial charge on any atom is -0.357 e. The van der Waals surface area contributed by atoms with E-state index in [-0.39, 0.29) is 10.7 Å². The van der Waals surface area contributed by atoms with Crippen molar-refractivity contribution in [1.29, 1.82) is 0 Å². The molecule has 0 aromatic heterocycles. The van der Waals surface area contributed by atoms with Crippen molar-refractivity contribution in [3.05, 3.63) is 71.3 Å². The molecule has 0 aliphatic carbocycles. The van der Waals surface area contributed by atoms with Gasteiger partial charge in [0.15, 0.2) is 5.11 Å². The molecule has 0 atom stereocenters. The van der Waals surface area contributed by atoms with E-state index in [4.69, 9.17) is 12.2 Å². The Morgan fingerprint density at radius 2 is 1.71 bits per heavy atom. The average molecular weight is 305 g/mol. The molecule has 2 N–H and O–H groups in total. The van der Waals surface area contributed by atoms with Crippen molar-refractivity contribution in [3.63, 3.8) is 0 Å². The minimum absolute atomic E-state index is 0.212. The van der Waals surface area contributed by atoms with Gasteiger partial charge in [0, 0.05) is 6.54 Å². The van der Waals surface area contributed by atoms with E-state index in [2.05, 4.69) is 15.8 Å². The molecule has 0 heterocycles. The molecule has 0 aliphatic rings. The molecule has 0 bridgehead atoms. The molecule has 0 saturated heterocycles. The summed E-state index contributed by atoms with van der Waals surface area (Å²) in [4.78, 5) is 0. The van der Waals surface area contributed by atoms with Gasteiger partial charge in [0.05, 0.1) is 11.8 Å². The predicted molar refractivity (Wildman–Crippen MR) is 83.0 cm³/mol. The third-order valence-corrected chi connectivity index (χ3v) is 2.89. The van der Waals surface area contributed by atoms with E-state index in [0.29, 0.717) is 6.54 Å². The molecule has 0 amide bonds. The fraction of sp³-hybridized carbons (Fsp3) is 0.0667. The molecule has 21 heavy (non-hydrogen) atoms. The highest BCUT2D eigenvalue weighted by Crippen LogP contribution is 2.08. The number of benzene rings is 2. The zero-order valence-corrected chi connectivity index (χ0v) is 11.8. The van der Waals surface area contributed by atoms with E-state index in [1.54, 1.807) is 0 Å². The fourth-order valence-corrected chi connectivity index (χ4v) is 1.73. The summed E-state index contributed by atoms with van der Waals surface area (Å²) < 4.78 is 26.7. The van der Waals surface area contributed by atoms with Gasteiger partial charge in [-0.1, -0.05) is 36.4 Å². The molecular weight excluding hydrogens is 292 g/mol. The summed E-state index contributed by atoms with van der Waals surface area (Å²) in [7, 11) is 0. The summed E-state index contributed by atoms with van der Waals surface area (Å²) in [6.07, 6.45) is 1.06. The van der Waals surface area contributed by atoms with Crippen LogP contribution in [0.5, 0.6) is 0 Å². The van der Waals surface area contributed by atoms with Crippen LogP contribution in [0.15, 0.2) is 53.6 Å². The first-order chi connectivity index (χ1) is 10.2. The lowest BCUT2D eigenvalue weighted by Gasteiger charge is -2.06. The molecule has 0 fully saturated rings. The maximum Gasteiger partial charge on any atom is 0.187 e. The second-order valence-corrected chi connectivity index (χ2v) is 4.58. The molecule has 0 radical (unpaired) electrons. The molecule has 0 saturated carbocycles. The molecule has 0 spiro atoms. The number of halogens is 2. The van der Waals surface area contributed by atoms with Crippen molar-refractivity contribution < 1.29 is 8.78 Å². The van der Waals surface area contributed by atoms with Crippen LogP contribution in [0.2, 0.25) is 0 Å². The number of hydrogen-bond donors (Lipinski definition) is 2. The number of nitrogens with one attached hydrogen (secondary N) is 2. The standard InChI is InChI=1S/C15H13F2N3S/c16-13-7-4-8-14(17)12(13)10-19-20-15(21)18-9-11-5-2-1-3-6-11/h1-8,10H,9H2,(H2,18,20,21)/b19-10-. The molecule has 2 aromatic carbocycles. The van der Waals surface area contributed by atoms with E-state index < -0.39 is 11.6 Å². The van der Waals surface area contributed by atoms with Crippen molar-refractivity contribution in [2.45, 2.75) is 6.54 Å². The Balaban J connectivity index is 1.85. The van der Waals surface area contributed by atoms with E-state index in [9.17, 15) is 8.78 Å². The number of nitrogens with zero attached hydrogens (tertiary/aromatic N) is 1. The largest absolute Gasteiger partial charge is 0.357 e. The summed E-state index contributed by atoms with van der Waals surface area (Å²) in [5, 5.41) is 6.92. The van der Waals surface area contributed by atoms with Crippen LogP contribution in [0.4, 0.5) is 8.78 Å². The second-order valence-electron chi connectivity index (χ2n) is 4.17. The van der Waals surface area contributed by atoms with Gasteiger partial charge in [-0.3, -0.25) is 5.43 Å². The fourth-order valence-electron chi connectivity index (χ4n) is 1.61. The van der Waals surface area contributed by atoms with Crippen molar-refractivity contribution in [1.82, 2.24) is 10.7 Å². The van der Waals surface area contributed by atoms with Crippen LogP contribution in [0.3, 0.4) is 0 Å². The zero-order chi connectivity index (χ0) is 15.1. The highest BCUT2D eigenvalue weighted by atomic mass is 32.1. The lowest BCUT2D eigenvalue weighted by molar-refractivity contribution is 0.580. The number of hydrogen-bond acceptors (Lipinski definition) is 2. The average Bonchev–Trinajstić information content (AvgIpc) is 2.49. The maximum absolute atomic E-state index is 13.3. The topological polar surface area (TPSA) is 36.4 Å². The Bertz CT molecular complexity index is 624. The van der Waals surface area contributed by atoms with E-state index in [1.165, 1.54) is 6.07 Å². The predicted octanol–water partition coefficient (Wildman–Crippen LogP) is 2.96. The van der Waals surface area contributed by atoms with Gasteiger partial charge in [0.1, 0.15) is 11.6 Å². The van der Waals surface area contributed by atoms with Crippen molar-refractivity contribution >= 4 is 23.5 Å². The Labute approximate surface area is 126 Å². The van der Waals surface area contributed by atoms with Crippen LogP contribution < -0.4 is 10.7 Å². The molecule has 108 valence electrons. The molecule has 0 aliphatic heterocycles. The molecule has 2 aromatic rings. The van der Waals surface area contributed by atoms with Crippen molar-refractivity contribution in [2.75, 3.05) is 0 Å². The Morgan fingerprint density at radius 1 is 1.05 bits per heavy atom. The summed E-state index contributed by atoms with van der Waals surface area (Å²) in [6, 6.07) is 13.3. The first-order valence-corrected chi connectivity index (χ1v) is 6.62. The second kappa shape index (κ2) is 7.44. The summed E-state index contributed by atoms with van der Waals surface area (Å²) in [6.45, 7) is 0.538. The van der Waals surface area contributed by atoms with Crippen LogP contribution >= 0.6 is 12.2 Å². The normalized spacial score (nSPS) is 10.6. The minimum atomic E-state index is -0.677. The summed E-state index contributed by atoms with van der Waals surface area (Å²) in [5.41, 5.74) is 3.36. The quantitative estimate of drug-likeness (QED) is 0.518. The SMILES string of the molecule is Fc1cccc(F)c1/C=N\NC(=S)NCc1ccccc1. The molecule has 6 heteroatoms. The van der Waals surface area contributed by atoms with Gasteiger partial charge in [-0.05, 0) is 29.9 Å². The molecule has 2 rings (SSSR count). The molecule has 3 nitrogen and oxygen atoms in total. The lowest BCUT2D eigenvalue weighted by Crippen LogP contribution is -2.31. The monoisotopic (exact) mass is 305 g/mol. The van der Waals surface area contributed by atoms with Gasteiger partial charge in [0.25, 0.3) is 0 Å². The zero-order valence-electron chi connectivity index (χ0n) is 11.0.